The van der Waals surface area contributed by atoms with Gasteiger partial charge in [-0.15, -0.1) is 0 Å². The number of halogens is 2. The summed E-state index contributed by atoms with van der Waals surface area (Å²) in [6.45, 7) is 2.71. The Labute approximate surface area is 145 Å². The number of hydrogen-bond donors (Lipinski definition) is 1. The molecule has 0 saturated heterocycles. The maximum absolute atomic E-state index is 13.8. The number of hydrogen-bond acceptors (Lipinski definition) is 3. The minimum atomic E-state index is -0.631. The molecule has 1 unspecified atom stereocenters. The van der Waals surface area contributed by atoms with Crippen LogP contribution in [0.4, 0.5) is 8.78 Å². The van der Waals surface area contributed by atoms with E-state index in [4.69, 9.17) is 0 Å². The minimum Gasteiger partial charge on any atom is -0.309 e. The molecule has 0 aliphatic carbocycles. The summed E-state index contributed by atoms with van der Waals surface area (Å²) in [7, 11) is 0. The monoisotopic (exact) mass is 342 g/mol. The molecule has 0 amide bonds. The third-order valence-electron chi connectivity index (χ3n) is 4.05. The van der Waals surface area contributed by atoms with E-state index in [0.717, 1.165) is 24.6 Å². The Kier molecular flexibility index (Phi) is 5.50. The van der Waals surface area contributed by atoms with Crippen LogP contribution in [-0.2, 0) is 13.0 Å². The molecule has 0 aliphatic rings. The Hall–Kier alpha value is -2.60. The summed E-state index contributed by atoms with van der Waals surface area (Å²) in [6, 6.07) is 9.64. The molecule has 1 aromatic carbocycles. The Balaban J connectivity index is 1.53. The summed E-state index contributed by atoms with van der Waals surface area (Å²) in [5.41, 5.74) is 2.30. The van der Waals surface area contributed by atoms with Gasteiger partial charge in [-0.2, -0.15) is 5.10 Å². The maximum atomic E-state index is 13.8. The average molecular weight is 342 g/mol. The lowest BCUT2D eigenvalue weighted by Gasteiger charge is -2.12. The van der Waals surface area contributed by atoms with E-state index in [-0.39, 0.29) is 5.69 Å². The lowest BCUT2D eigenvalue weighted by molar-refractivity contribution is 0.507. The van der Waals surface area contributed by atoms with Crippen molar-refractivity contribution in [1.29, 1.82) is 0 Å². The Morgan fingerprint density at radius 3 is 2.68 bits per heavy atom. The molecule has 0 spiro atoms. The number of benzene rings is 1. The number of nitrogens with zero attached hydrogens (tertiary/aromatic N) is 3. The molecule has 0 bridgehead atoms. The molecule has 4 nitrogen and oxygen atoms in total. The molecule has 3 aromatic rings. The number of aryl methyl sites for hydroxylation is 1. The number of rotatable bonds is 7. The molecular weight excluding hydrogens is 322 g/mol. The van der Waals surface area contributed by atoms with Crippen LogP contribution in [-0.4, -0.2) is 20.8 Å². The van der Waals surface area contributed by atoms with Gasteiger partial charge < -0.3 is 5.32 Å². The van der Waals surface area contributed by atoms with Gasteiger partial charge in [0, 0.05) is 37.2 Å². The molecule has 130 valence electrons. The summed E-state index contributed by atoms with van der Waals surface area (Å²) in [5, 5.41) is 7.76. The minimum absolute atomic E-state index is 0.235. The van der Waals surface area contributed by atoms with Crippen LogP contribution < -0.4 is 5.32 Å². The summed E-state index contributed by atoms with van der Waals surface area (Å²) >= 11 is 0. The quantitative estimate of drug-likeness (QED) is 0.713. The van der Waals surface area contributed by atoms with Crippen LogP contribution >= 0.6 is 0 Å². The zero-order valence-electron chi connectivity index (χ0n) is 14.0. The molecule has 1 N–H and O–H groups in total. The van der Waals surface area contributed by atoms with Gasteiger partial charge in [0.15, 0.2) is 5.82 Å². The van der Waals surface area contributed by atoms with Crippen LogP contribution in [0.1, 0.15) is 24.6 Å². The first kappa shape index (κ1) is 17.2. The molecule has 0 saturated carbocycles. The second-order valence-corrected chi connectivity index (χ2v) is 6.02. The van der Waals surface area contributed by atoms with Gasteiger partial charge in [0.1, 0.15) is 11.5 Å². The van der Waals surface area contributed by atoms with Gasteiger partial charge in [0.25, 0.3) is 0 Å². The normalized spacial score (nSPS) is 12.3. The van der Waals surface area contributed by atoms with Gasteiger partial charge in [0.2, 0.25) is 0 Å². The van der Waals surface area contributed by atoms with Gasteiger partial charge in [0.05, 0.1) is 5.69 Å². The molecule has 0 fully saturated rings. The molecular formula is C19H20F2N4. The molecule has 2 aromatic heterocycles. The molecule has 0 radical (unpaired) electrons. The van der Waals surface area contributed by atoms with E-state index in [1.54, 1.807) is 18.6 Å². The first-order chi connectivity index (χ1) is 12.1. The Morgan fingerprint density at radius 2 is 1.92 bits per heavy atom. The zero-order valence-corrected chi connectivity index (χ0v) is 14.0. The number of aromatic nitrogens is 3. The van der Waals surface area contributed by atoms with Crippen LogP contribution in [0, 0.1) is 11.6 Å². The van der Waals surface area contributed by atoms with E-state index in [2.05, 4.69) is 22.3 Å². The van der Waals surface area contributed by atoms with Crippen molar-refractivity contribution in [2.24, 2.45) is 0 Å². The summed E-state index contributed by atoms with van der Waals surface area (Å²) in [5.74, 6) is -1.23. The second-order valence-electron chi connectivity index (χ2n) is 6.02. The highest BCUT2D eigenvalue weighted by atomic mass is 19.1. The number of pyridine rings is 1. The van der Waals surface area contributed by atoms with Crippen molar-refractivity contribution < 1.29 is 8.78 Å². The first-order valence-corrected chi connectivity index (χ1v) is 8.24. The standard InChI is InChI=1S/C19H20F2N4/c1-14(2-3-15-6-9-22-10-7-15)23-13-17-8-11-25(24-17)19-5-4-16(20)12-18(19)21/h4-12,14,23H,2-3,13H2,1H3. The van der Waals surface area contributed by atoms with E-state index >= 15 is 0 Å². The SMILES string of the molecule is CC(CCc1ccncc1)NCc1ccn(-c2ccc(F)cc2F)n1. The predicted octanol–water partition coefficient (Wildman–Crippen LogP) is 3.66. The Morgan fingerprint density at radius 1 is 1.12 bits per heavy atom. The molecule has 3 rings (SSSR count). The van der Waals surface area contributed by atoms with Crippen molar-refractivity contribution in [3.63, 3.8) is 0 Å². The van der Waals surface area contributed by atoms with Crippen LogP contribution in [0.3, 0.4) is 0 Å². The third-order valence-corrected chi connectivity index (χ3v) is 4.05. The van der Waals surface area contributed by atoms with E-state index in [1.165, 1.54) is 22.4 Å². The van der Waals surface area contributed by atoms with Crippen molar-refractivity contribution in [2.45, 2.75) is 32.4 Å². The fourth-order valence-corrected chi connectivity index (χ4v) is 2.57. The van der Waals surface area contributed by atoms with Crippen molar-refractivity contribution in [3.05, 3.63) is 77.9 Å². The van der Waals surface area contributed by atoms with Gasteiger partial charge in [-0.25, -0.2) is 13.5 Å². The van der Waals surface area contributed by atoms with Crippen molar-refractivity contribution in [3.8, 4) is 5.69 Å². The van der Waals surface area contributed by atoms with Crippen LogP contribution in [0.2, 0.25) is 0 Å². The lowest BCUT2D eigenvalue weighted by Crippen LogP contribution is -2.26. The average Bonchev–Trinajstić information content (AvgIpc) is 3.08. The van der Waals surface area contributed by atoms with E-state index in [9.17, 15) is 8.78 Å². The van der Waals surface area contributed by atoms with Gasteiger partial charge in [-0.1, -0.05) is 0 Å². The zero-order chi connectivity index (χ0) is 17.6. The van der Waals surface area contributed by atoms with Crippen molar-refractivity contribution in [2.75, 3.05) is 0 Å². The predicted molar refractivity (Wildman–Crippen MR) is 92.3 cm³/mol. The molecule has 2 heterocycles. The molecule has 0 aliphatic heterocycles. The largest absolute Gasteiger partial charge is 0.309 e. The van der Waals surface area contributed by atoms with E-state index < -0.39 is 11.6 Å². The fraction of sp³-hybridized carbons (Fsp3) is 0.263. The van der Waals surface area contributed by atoms with Crippen LogP contribution in [0.15, 0.2) is 55.0 Å². The van der Waals surface area contributed by atoms with Crippen molar-refractivity contribution >= 4 is 0 Å². The maximum Gasteiger partial charge on any atom is 0.151 e. The highest BCUT2D eigenvalue weighted by Crippen LogP contribution is 2.14. The summed E-state index contributed by atoms with van der Waals surface area (Å²) in [6.07, 6.45) is 7.25. The highest BCUT2D eigenvalue weighted by Gasteiger charge is 2.09. The first-order valence-electron chi connectivity index (χ1n) is 8.24. The van der Waals surface area contributed by atoms with Gasteiger partial charge >= 0.3 is 0 Å². The topological polar surface area (TPSA) is 42.7 Å². The van der Waals surface area contributed by atoms with E-state index in [0.29, 0.717) is 12.6 Å². The van der Waals surface area contributed by atoms with Gasteiger partial charge in [-0.3, -0.25) is 4.98 Å². The third kappa shape index (κ3) is 4.70. The summed E-state index contributed by atoms with van der Waals surface area (Å²) < 4.78 is 28.2. The van der Waals surface area contributed by atoms with Crippen LogP contribution in [0.25, 0.3) is 5.69 Å². The molecule has 25 heavy (non-hydrogen) atoms. The lowest BCUT2D eigenvalue weighted by atomic mass is 10.1. The van der Waals surface area contributed by atoms with Crippen LogP contribution in [0.5, 0.6) is 0 Å². The summed E-state index contributed by atoms with van der Waals surface area (Å²) in [4.78, 5) is 4.01. The van der Waals surface area contributed by atoms with E-state index in [1.807, 2.05) is 18.2 Å². The van der Waals surface area contributed by atoms with Gasteiger partial charge in [-0.05, 0) is 55.7 Å². The molecule has 6 heteroatoms. The molecule has 1 atom stereocenters. The van der Waals surface area contributed by atoms with Crippen molar-refractivity contribution in [1.82, 2.24) is 20.1 Å². The Bertz CT molecular complexity index is 817. The highest BCUT2D eigenvalue weighted by molar-refractivity contribution is 5.33. The smallest absolute Gasteiger partial charge is 0.151 e. The fourth-order valence-electron chi connectivity index (χ4n) is 2.57. The second kappa shape index (κ2) is 7.98. The number of nitrogens with one attached hydrogen (secondary N) is 1.